The van der Waals surface area contributed by atoms with Gasteiger partial charge in [0.1, 0.15) is 37.6 Å². The van der Waals surface area contributed by atoms with Crippen molar-refractivity contribution in [2.45, 2.75) is 49.8 Å². The van der Waals surface area contributed by atoms with E-state index in [4.69, 9.17) is 28.4 Å². The third-order valence-electron chi connectivity index (χ3n) is 4.43. The van der Waals surface area contributed by atoms with E-state index in [0.717, 1.165) is 0 Å². The second-order valence-electron chi connectivity index (χ2n) is 6.82. The Morgan fingerprint density at radius 3 is 2.41 bits per heavy atom. The number of carbonyl (C=O) groups excluding carboxylic acids is 2. The molecule has 7 atom stereocenters. The minimum Gasteiger partial charge on any atom is -0.462 e. The molecule has 0 spiro atoms. The first-order valence-corrected chi connectivity index (χ1v) is 10.00. The van der Waals surface area contributed by atoms with Gasteiger partial charge in [0.15, 0.2) is 12.3 Å². The fourth-order valence-electron chi connectivity index (χ4n) is 2.68. The molecule has 0 radical (unpaired) electrons. The maximum absolute atomic E-state index is 12.5. The highest BCUT2D eigenvalue weighted by molar-refractivity contribution is 5.82. The molecule has 186 valence electrons. The summed E-state index contributed by atoms with van der Waals surface area (Å²) in [5.74, 6) is -0.881. The van der Waals surface area contributed by atoms with Crippen LogP contribution in [0.3, 0.4) is 0 Å². The molecular weight excluding hydrogens is 434 g/mol. The van der Waals surface area contributed by atoms with Crippen molar-refractivity contribution in [3.05, 3.63) is 12.7 Å². The number of ether oxygens (including phenoxy) is 6. The van der Waals surface area contributed by atoms with E-state index in [0.29, 0.717) is 13.2 Å². The van der Waals surface area contributed by atoms with Crippen molar-refractivity contribution in [3.63, 3.8) is 0 Å². The molecule has 1 fully saturated rings. The zero-order valence-electron chi connectivity index (χ0n) is 18.1. The highest BCUT2D eigenvalue weighted by Gasteiger charge is 2.45. The van der Waals surface area contributed by atoms with Gasteiger partial charge in [-0.25, -0.2) is 9.59 Å². The van der Waals surface area contributed by atoms with Crippen LogP contribution in [-0.4, -0.2) is 122 Å². The van der Waals surface area contributed by atoms with Gasteiger partial charge in [0.05, 0.1) is 32.5 Å². The van der Waals surface area contributed by atoms with E-state index in [-0.39, 0.29) is 19.8 Å². The van der Waals surface area contributed by atoms with Gasteiger partial charge in [-0.3, -0.25) is 0 Å². The highest BCUT2D eigenvalue weighted by Crippen LogP contribution is 2.23. The summed E-state index contributed by atoms with van der Waals surface area (Å²) in [6.07, 6.45) is -8.41. The van der Waals surface area contributed by atoms with E-state index in [1.54, 1.807) is 0 Å². The average Bonchev–Trinajstić information content (AvgIpc) is 2.78. The first-order chi connectivity index (χ1) is 15.3. The summed E-state index contributed by atoms with van der Waals surface area (Å²) >= 11 is 0. The summed E-state index contributed by atoms with van der Waals surface area (Å²) in [6, 6.07) is -1.39. The quantitative estimate of drug-likeness (QED) is 0.105. The largest absolute Gasteiger partial charge is 0.462 e. The maximum atomic E-state index is 12.5. The third kappa shape index (κ3) is 8.96. The molecule has 1 aliphatic heterocycles. The Morgan fingerprint density at radius 1 is 1.09 bits per heavy atom. The van der Waals surface area contributed by atoms with Crippen molar-refractivity contribution < 1.29 is 58.4 Å². The van der Waals surface area contributed by atoms with E-state index in [2.05, 4.69) is 11.9 Å². The van der Waals surface area contributed by atoms with Crippen LogP contribution in [0, 0.1) is 0 Å². The predicted molar refractivity (Wildman–Crippen MR) is 106 cm³/mol. The Bertz CT molecular complexity index is 575. The molecule has 1 rings (SSSR count). The van der Waals surface area contributed by atoms with Crippen LogP contribution in [0.5, 0.6) is 0 Å². The Kier molecular flexibility index (Phi) is 13.3. The van der Waals surface area contributed by atoms with Gasteiger partial charge in [0.25, 0.3) is 0 Å². The minimum atomic E-state index is -1.69. The van der Waals surface area contributed by atoms with Gasteiger partial charge in [0.2, 0.25) is 0 Å². The monoisotopic (exact) mass is 467 g/mol. The molecule has 1 saturated heterocycles. The summed E-state index contributed by atoms with van der Waals surface area (Å²) in [5.41, 5.74) is 0. The number of rotatable bonds is 14. The van der Waals surface area contributed by atoms with Crippen LogP contribution in [-0.2, 0) is 33.2 Å². The fraction of sp³-hybridized carbons (Fsp3) is 0.789. The molecule has 0 bridgehead atoms. The average molecular weight is 467 g/mol. The van der Waals surface area contributed by atoms with Crippen molar-refractivity contribution in [1.29, 1.82) is 0 Å². The summed E-state index contributed by atoms with van der Waals surface area (Å²) in [5, 5.41) is 41.5. The van der Waals surface area contributed by atoms with Crippen LogP contribution in [0.15, 0.2) is 12.7 Å². The van der Waals surface area contributed by atoms with Crippen LogP contribution >= 0.6 is 0 Å². The molecule has 32 heavy (non-hydrogen) atoms. The SMILES string of the molecule is C=CCOC(=O)N[C@H](C(=O)OCCOCCOC)[C@@H](C)O[C@@H]1O[C@H](CO)[C@@H](O)[C@H](O)[C@H]1O. The minimum absolute atomic E-state index is 0.0880. The Morgan fingerprint density at radius 2 is 1.78 bits per heavy atom. The first-order valence-electron chi connectivity index (χ1n) is 10.00. The van der Waals surface area contributed by atoms with Gasteiger partial charge in [-0.1, -0.05) is 12.7 Å². The smallest absolute Gasteiger partial charge is 0.408 e. The molecule has 13 nitrogen and oxygen atoms in total. The lowest BCUT2D eigenvalue weighted by atomic mass is 9.99. The molecule has 5 N–H and O–H groups in total. The van der Waals surface area contributed by atoms with Crippen molar-refractivity contribution in [2.24, 2.45) is 0 Å². The molecule has 0 aliphatic carbocycles. The number of hydrogen-bond donors (Lipinski definition) is 5. The molecule has 1 heterocycles. The lowest BCUT2D eigenvalue weighted by molar-refractivity contribution is -0.311. The normalized spacial score (nSPS) is 27.2. The Hall–Kier alpha value is -1.84. The van der Waals surface area contributed by atoms with E-state index in [9.17, 15) is 30.0 Å². The van der Waals surface area contributed by atoms with Gasteiger partial charge >= 0.3 is 12.1 Å². The van der Waals surface area contributed by atoms with Crippen LogP contribution in [0.4, 0.5) is 4.79 Å². The van der Waals surface area contributed by atoms with Crippen molar-refractivity contribution in [3.8, 4) is 0 Å². The van der Waals surface area contributed by atoms with E-state index in [1.807, 2.05) is 0 Å². The molecule has 1 amide bonds. The number of alkyl carbamates (subject to hydrolysis) is 1. The second kappa shape index (κ2) is 15.1. The number of aliphatic hydroxyl groups is 4. The number of esters is 1. The standard InChI is InChI=1S/C19H33NO12/c1-4-5-30-19(26)20-13(17(25)29-9-8-28-7-6-27-3)11(2)31-18-16(24)15(23)14(22)12(10-21)32-18/h4,11-16,18,21-24H,1,5-10H2,2-3H3,(H,20,26)/t11-,12-,13+,14-,15+,16-,18-/m1/s1. The zero-order valence-corrected chi connectivity index (χ0v) is 18.1. The number of carbonyl (C=O) groups is 2. The van der Waals surface area contributed by atoms with Gasteiger partial charge in [-0.05, 0) is 6.92 Å². The number of methoxy groups -OCH3 is 1. The number of hydrogen-bond acceptors (Lipinski definition) is 12. The van der Waals surface area contributed by atoms with Crippen LogP contribution in [0.1, 0.15) is 6.92 Å². The lowest BCUT2D eigenvalue weighted by Crippen LogP contribution is -2.61. The van der Waals surface area contributed by atoms with Crippen molar-refractivity contribution in [1.82, 2.24) is 5.32 Å². The molecule has 0 saturated carbocycles. The molecule has 1 aliphatic rings. The number of amides is 1. The number of nitrogens with one attached hydrogen (secondary N) is 1. The van der Waals surface area contributed by atoms with Crippen LogP contribution in [0.2, 0.25) is 0 Å². The van der Waals surface area contributed by atoms with Gasteiger partial charge in [0, 0.05) is 7.11 Å². The Balaban J connectivity index is 2.77. The van der Waals surface area contributed by atoms with Crippen molar-refractivity contribution >= 4 is 12.1 Å². The molecule has 0 aromatic heterocycles. The van der Waals surface area contributed by atoms with Crippen LogP contribution < -0.4 is 5.32 Å². The molecule has 13 heteroatoms. The van der Waals surface area contributed by atoms with E-state index < -0.39 is 61.5 Å². The lowest BCUT2D eigenvalue weighted by Gasteiger charge is -2.41. The summed E-state index contributed by atoms with van der Waals surface area (Å²) in [4.78, 5) is 24.5. The topological polar surface area (TPSA) is 182 Å². The maximum Gasteiger partial charge on any atom is 0.408 e. The fourth-order valence-corrected chi connectivity index (χ4v) is 2.68. The molecule has 0 unspecified atom stereocenters. The van der Waals surface area contributed by atoms with Gasteiger partial charge in [-0.15, -0.1) is 0 Å². The first kappa shape index (κ1) is 28.2. The van der Waals surface area contributed by atoms with Crippen molar-refractivity contribution in [2.75, 3.05) is 46.8 Å². The summed E-state index contributed by atoms with van der Waals surface area (Å²) in [7, 11) is 1.52. The summed E-state index contributed by atoms with van der Waals surface area (Å²) < 4.78 is 30.7. The van der Waals surface area contributed by atoms with E-state index in [1.165, 1.54) is 20.1 Å². The zero-order chi connectivity index (χ0) is 24.1. The molecule has 0 aromatic rings. The van der Waals surface area contributed by atoms with Gasteiger partial charge < -0.3 is 54.2 Å². The second-order valence-corrected chi connectivity index (χ2v) is 6.82. The third-order valence-corrected chi connectivity index (χ3v) is 4.43. The molecular formula is C19H33NO12. The Labute approximate surface area is 185 Å². The van der Waals surface area contributed by atoms with Gasteiger partial charge in [-0.2, -0.15) is 0 Å². The highest BCUT2D eigenvalue weighted by atomic mass is 16.7. The summed E-state index contributed by atoms with van der Waals surface area (Å²) in [6.45, 7) is 4.69. The van der Waals surface area contributed by atoms with E-state index >= 15 is 0 Å². The van der Waals surface area contributed by atoms with Crippen LogP contribution in [0.25, 0.3) is 0 Å². The predicted octanol–water partition coefficient (Wildman–Crippen LogP) is -2.32. The number of aliphatic hydroxyl groups excluding tert-OH is 4. The molecule has 0 aromatic carbocycles.